The molecular formula is C53H101NO8. The third-order valence-electron chi connectivity index (χ3n) is 12.8. The Hall–Kier alpha value is -1.33. The maximum atomic E-state index is 13.0. The molecule has 7 unspecified atom stereocenters. The summed E-state index contributed by atoms with van der Waals surface area (Å²) in [5.74, 6) is -0.176. The molecule has 366 valence electrons. The number of ether oxygens (including phenoxy) is 2. The molecule has 0 aromatic carbocycles. The molecule has 1 saturated heterocycles. The van der Waals surface area contributed by atoms with E-state index in [2.05, 4.69) is 31.3 Å². The Balaban J connectivity index is 2.13. The summed E-state index contributed by atoms with van der Waals surface area (Å²) >= 11 is 0. The molecule has 1 aliphatic heterocycles. The molecule has 1 heterocycles. The summed E-state index contributed by atoms with van der Waals surface area (Å²) in [5, 5.41) is 54.2. The summed E-state index contributed by atoms with van der Waals surface area (Å²) in [5.41, 5.74) is 0. The maximum absolute atomic E-state index is 13.0. The number of aliphatic hydroxyl groups is 5. The highest BCUT2D eigenvalue weighted by Gasteiger charge is 2.44. The van der Waals surface area contributed by atoms with E-state index in [1.165, 1.54) is 193 Å². The second-order valence-corrected chi connectivity index (χ2v) is 18.7. The van der Waals surface area contributed by atoms with E-state index < -0.39 is 49.5 Å². The van der Waals surface area contributed by atoms with Crippen molar-refractivity contribution < 1.29 is 39.8 Å². The van der Waals surface area contributed by atoms with Crippen molar-refractivity contribution in [2.45, 2.75) is 294 Å². The molecule has 9 heteroatoms. The van der Waals surface area contributed by atoms with E-state index in [4.69, 9.17) is 9.47 Å². The van der Waals surface area contributed by atoms with E-state index in [0.29, 0.717) is 6.42 Å². The number of hydrogen-bond acceptors (Lipinski definition) is 8. The highest BCUT2D eigenvalue weighted by atomic mass is 16.7. The van der Waals surface area contributed by atoms with Crippen molar-refractivity contribution in [2.24, 2.45) is 0 Å². The first-order valence-corrected chi connectivity index (χ1v) is 26.6. The Bertz CT molecular complexity index is 1020. The molecule has 62 heavy (non-hydrogen) atoms. The van der Waals surface area contributed by atoms with Gasteiger partial charge in [0.1, 0.15) is 24.4 Å². The van der Waals surface area contributed by atoms with Crippen molar-refractivity contribution in [2.75, 3.05) is 13.2 Å². The average molecular weight is 880 g/mol. The highest BCUT2D eigenvalue weighted by molar-refractivity contribution is 5.76. The van der Waals surface area contributed by atoms with Crippen LogP contribution >= 0.6 is 0 Å². The van der Waals surface area contributed by atoms with Gasteiger partial charge in [-0.1, -0.05) is 224 Å². The molecule has 0 bridgehead atoms. The predicted octanol–water partition coefficient (Wildman–Crippen LogP) is 12.2. The Labute approximate surface area is 381 Å². The van der Waals surface area contributed by atoms with Crippen LogP contribution in [0.4, 0.5) is 0 Å². The first-order chi connectivity index (χ1) is 30.3. The first-order valence-electron chi connectivity index (χ1n) is 26.6. The van der Waals surface area contributed by atoms with Crippen LogP contribution < -0.4 is 5.32 Å². The number of rotatable bonds is 45. The van der Waals surface area contributed by atoms with Gasteiger partial charge in [0.25, 0.3) is 0 Å². The monoisotopic (exact) mass is 880 g/mol. The molecule has 0 saturated carbocycles. The second kappa shape index (κ2) is 43.6. The quantitative estimate of drug-likeness (QED) is 0.0262. The first kappa shape index (κ1) is 58.7. The van der Waals surface area contributed by atoms with Gasteiger partial charge in [0.15, 0.2) is 6.29 Å². The van der Waals surface area contributed by atoms with Gasteiger partial charge in [-0.05, 0) is 44.9 Å². The van der Waals surface area contributed by atoms with Crippen molar-refractivity contribution in [3.05, 3.63) is 24.3 Å². The number of allylic oxidation sites excluding steroid dienone is 3. The molecule has 0 aromatic heterocycles. The van der Waals surface area contributed by atoms with Crippen LogP contribution in [0.15, 0.2) is 24.3 Å². The minimum absolute atomic E-state index is 0.176. The fourth-order valence-corrected chi connectivity index (χ4v) is 8.51. The summed E-state index contributed by atoms with van der Waals surface area (Å²) in [7, 11) is 0. The van der Waals surface area contributed by atoms with Crippen LogP contribution in [0.5, 0.6) is 0 Å². The van der Waals surface area contributed by atoms with E-state index in [9.17, 15) is 30.3 Å². The zero-order chi connectivity index (χ0) is 45.1. The maximum Gasteiger partial charge on any atom is 0.220 e. The van der Waals surface area contributed by atoms with E-state index in [-0.39, 0.29) is 12.5 Å². The van der Waals surface area contributed by atoms with E-state index in [1.54, 1.807) is 6.08 Å². The predicted molar refractivity (Wildman–Crippen MR) is 258 cm³/mol. The fourth-order valence-electron chi connectivity index (χ4n) is 8.51. The Morgan fingerprint density at radius 3 is 1.31 bits per heavy atom. The number of nitrogens with one attached hydrogen (secondary N) is 1. The molecule has 1 fully saturated rings. The zero-order valence-electron chi connectivity index (χ0n) is 40.4. The molecule has 1 aliphatic rings. The SMILES string of the molecule is CCCCCCCCCC/C=C/C(O)C(COC1OC(CO)C(O)C(O)C1O)NC(=O)CCCCCCCCCCCCCCC/C=C\CCCCCCCCCCCCCC. The Morgan fingerprint density at radius 2 is 0.903 bits per heavy atom. The molecule has 0 spiro atoms. The fraction of sp³-hybridized carbons (Fsp3) is 0.906. The lowest BCUT2D eigenvalue weighted by atomic mass is 9.99. The molecule has 1 rings (SSSR count). The van der Waals surface area contributed by atoms with Crippen molar-refractivity contribution in [3.63, 3.8) is 0 Å². The van der Waals surface area contributed by atoms with Crippen molar-refractivity contribution in [3.8, 4) is 0 Å². The molecule has 6 N–H and O–H groups in total. The van der Waals surface area contributed by atoms with Crippen LogP contribution in [0.25, 0.3) is 0 Å². The number of carbonyl (C=O) groups excluding carboxylic acids is 1. The smallest absolute Gasteiger partial charge is 0.220 e. The van der Waals surface area contributed by atoms with Gasteiger partial charge in [0.2, 0.25) is 5.91 Å². The van der Waals surface area contributed by atoms with Gasteiger partial charge in [0, 0.05) is 6.42 Å². The molecule has 0 aromatic rings. The number of amides is 1. The summed E-state index contributed by atoms with van der Waals surface area (Å²) in [6.45, 7) is 3.77. The third-order valence-corrected chi connectivity index (χ3v) is 12.8. The standard InChI is InChI=1S/C53H101NO8/c1-3-5-7-9-11-13-15-16-17-18-19-20-21-22-23-24-25-26-27-28-29-30-31-32-33-35-37-39-41-43-49(57)54-46(45-61-53-52(60)51(59)50(58)48(44-55)62-53)47(56)42-40-38-36-34-14-12-10-8-6-4-2/h22-23,40,42,46-48,50-53,55-56,58-60H,3-21,24-39,41,43-45H2,1-2H3,(H,54,57)/b23-22-,42-40+. The highest BCUT2D eigenvalue weighted by Crippen LogP contribution is 2.23. The summed E-state index contributed by atoms with van der Waals surface area (Å²) in [4.78, 5) is 13.0. The van der Waals surface area contributed by atoms with Gasteiger partial charge in [-0.3, -0.25) is 4.79 Å². The van der Waals surface area contributed by atoms with Gasteiger partial charge in [-0.15, -0.1) is 0 Å². The van der Waals surface area contributed by atoms with Crippen LogP contribution in [0.3, 0.4) is 0 Å². The lowest BCUT2D eigenvalue weighted by molar-refractivity contribution is -0.302. The minimum Gasteiger partial charge on any atom is -0.394 e. The van der Waals surface area contributed by atoms with Gasteiger partial charge < -0.3 is 40.3 Å². The van der Waals surface area contributed by atoms with Crippen LogP contribution in [0.1, 0.15) is 251 Å². The van der Waals surface area contributed by atoms with Gasteiger partial charge in [0.05, 0.1) is 25.4 Å². The minimum atomic E-state index is -1.56. The second-order valence-electron chi connectivity index (χ2n) is 18.7. The summed E-state index contributed by atoms with van der Waals surface area (Å²) in [6.07, 6.45) is 46.9. The molecule has 7 atom stereocenters. The van der Waals surface area contributed by atoms with Gasteiger partial charge >= 0.3 is 0 Å². The van der Waals surface area contributed by atoms with Crippen molar-refractivity contribution in [1.82, 2.24) is 5.32 Å². The van der Waals surface area contributed by atoms with Crippen LogP contribution in [0, 0.1) is 0 Å². The average Bonchev–Trinajstić information content (AvgIpc) is 3.27. The number of aliphatic hydroxyl groups excluding tert-OH is 5. The Kier molecular flexibility index (Phi) is 41.2. The number of hydrogen-bond donors (Lipinski definition) is 6. The number of unbranched alkanes of at least 4 members (excludes halogenated alkanes) is 33. The van der Waals surface area contributed by atoms with Gasteiger partial charge in [-0.25, -0.2) is 0 Å². The molecule has 0 radical (unpaired) electrons. The van der Waals surface area contributed by atoms with Crippen molar-refractivity contribution >= 4 is 5.91 Å². The lowest BCUT2D eigenvalue weighted by Crippen LogP contribution is -2.60. The van der Waals surface area contributed by atoms with Crippen LogP contribution in [-0.2, 0) is 14.3 Å². The number of carbonyl (C=O) groups is 1. The third kappa shape index (κ3) is 33.2. The zero-order valence-corrected chi connectivity index (χ0v) is 40.4. The van der Waals surface area contributed by atoms with E-state index in [1.807, 2.05) is 6.08 Å². The van der Waals surface area contributed by atoms with Gasteiger partial charge in [-0.2, -0.15) is 0 Å². The van der Waals surface area contributed by atoms with Crippen molar-refractivity contribution in [1.29, 1.82) is 0 Å². The summed E-state index contributed by atoms with van der Waals surface area (Å²) < 4.78 is 11.2. The largest absolute Gasteiger partial charge is 0.394 e. The lowest BCUT2D eigenvalue weighted by Gasteiger charge is -2.40. The Morgan fingerprint density at radius 1 is 0.532 bits per heavy atom. The van der Waals surface area contributed by atoms with E-state index in [0.717, 1.165) is 38.5 Å². The molecule has 1 amide bonds. The van der Waals surface area contributed by atoms with E-state index >= 15 is 0 Å². The molecular weight excluding hydrogens is 779 g/mol. The van der Waals surface area contributed by atoms with Crippen LogP contribution in [0.2, 0.25) is 0 Å². The van der Waals surface area contributed by atoms with Crippen LogP contribution in [-0.4, -0.2) is 87.5 Å². The summed E-state index contributed by atoms with van der Waals surface area (Å²) in [6, 6.07) is -0.800. The molecule has 9 nitrogen and oxygen atoms in total. The topological polar surface area (TPSA) is 149 Å². The normalized spacial score (nSPS) is 20.4. The molecule has 0 aliphatic carbocycles.